The smallest absolute Gasteiger partial charge is 0.259 e. The largest absolute Gasteiger partial charge is 0.395 e. The molecule has 0 aliphatic carbocycles. The van der Waals surface area contributed by atoms with E-state index in [0.717, 1.165) is 37.7 Å². The van der Waals surface area contributed by atoms with Crippen LogP contribution in [0, 0.1) is 0 Å². The Labute approximate surface area is 215 Å². The lowest BCUT2D eigenvalue weighted by Crippen LogP contribution is -2.51. The number of piperazine rings is 1. The number of thioether (sulfide) groups is 1. The molecule has 0 bridgehead atoms. The van der Waals surface area contributed by atoms with E-state index in [1.165, 1.54) is 11.8 Å². The highest BCUT2D eigenvalue weighted by Gasteiger charge is 2.26. The molecule has 4 rings (SSSR count). The number of ether oxygens (including phenoxy) is 1. The van der Waals surface area contributed by atoms with Crippen molar-refractivity contribution in [3.8, 4) is 0 Å². The predicted molar refractivity (Wildman–Crippen MR) is 139 cm³/mol. The first-order valence-corrected chi connectivity index (χ1v) is 13.3. The molecule has 194 valence electrons. The van der Waals surface area contributed by atoms with Crippen LogP contribution < -0.4 is 15.5 Å². The number of carbonyl (C=O) groups is 2. The lowest BCUT2D eigenvalue weighted by Gasteiger charge is -2.34. The van der Waals surface area contributed by atoms with E-state index in [0.29, 0.717) is 42.7 Å². The maximum absolute atomic E-state index is 13.4. The minimum atomic E-state index is -0.139. The molecule has 0 unspecified atom stereocenters. The Bertz CT molecular complexity index is 1030. The number of aromatic nitrogens is 2. The molecule has 0 spiro atoms. The van der Waals surface area contributed by atoms with Crippen LogP contribution in [0.4, 0.5) is 17.2 Å². The van der Waals surface area contributed by atoms with Crippen molar-refractivity contribution in [2.75, 3.05) is 88.7 Å². The minimum absolute atomic E-state index is 0.0835. The van der Waals surface area contributed by atoms with Crippen molar-refractivity contribution in [1.29, 1.82) is 0 Å². The molecule has 12 heteroatoms. The van der Waals surface area contributed by atoms with Gasteiger partial charge in [0.15, 0.2) is 5.16 Å². The lowest BCUT2D eigenvalue weighted by atomic mass is 10.2. The number of nitrogens with one attached hydrogen (secondary N) is 2. The number of rotatable bonds is 9. The van der Waals surface area contributed by atoms with Gasteiger partial charge in [0, 0.05) is 63.4 Å². The number of aliphatic hydroxyl groups excluding tert-OH is 1. The molecular formula is C24H33N7O4S. The number of anilines is 3. The summed E-state index contributed by atoms with van der Waals surface area (Å²) in [6.45, 7) is 5.81. The molecule has 1 aromatic heterocycles. The van der Waals surface area contributed by atoms with Gasteiger partial charge in [-0.2, -0.15) is 0 Å². The Hall–Kier alpha value is -2.93. The molecule has 2 aromatic rings. The zero-order valence-corrected chi connectivity index (χ0v) is 21.3. The average molecular weight is 516 g/mol. The Morgan fingerprint density at radius 1 is 1.08 bits per heavy atom. The predicted octanol–water partition coefficient (Wildman–Crippen LogP) is 0.645. The molecule has 3 N–H and O–H groups in total. The SMILES string of the molecule is CSc1ncc(C(=O)N2CCN(CC(=O)NCCO)CC2)c(Nc2ccc(N3CCOCC3)cc2)n1. The van der Waals surface area contributed by atoms with E-state index in [-0.39, 0.29) is 31.5 Å². The Morgan fingerprint density at radius 3 is 2.47 bits per heavy atom. The number of amides is 2. The van der Waals surface area contributed by atoms with Gasteiger partial charge in [-0.3, -0.25) is 14.5 Å². The van der Waals surface area contributed by atoms with Crippen molar-refractivity contribution in [2.45, 2.75) is 5.16 Å². The molecule has 0 atom stereocenters. The third-order valence-corrected chi connectivity index (χ3v) is 6.71. The van der Waals surface area contributed by atoms with Crippen molar-refractivity contribution in [1.82, 2.24) is 25.1 Å². The van der Waals surface area contributed by atoms with Crippen LogP contribution in [0.3, 0.4) is 0 Å². The molecule has 3 heterocycles. The summed E-state index contributed by atoms with van der Waals surface area (Å²) in [5.74, 6) is 0.208. The number of nitrogens with zero attached hydrogens (tertiary/aromatic N) is 5. The Kier molecular flexibility index (Phi) is 9.34. The monoisotopic (exact) mass is 515 g/mol. The maximum atomic E-state index is 13.4. The number of benzene rings is 1. The van der Waals surface area contributed by atoms with E-state index in [2.05, 4.69) is 37.6 Å². The highest BCUT2D eigenvalue weighted by molar-refractivity contribution is 7.98. The van der Waals surface area contributed by atoms with Gasteiger partial charge in [0.25, 0.3) is 5.91 Å². The Balaban J connectivity index is 1.41. The molecule has 0 radical (unpaired) electrons. The van der Waals surface area contributed by atoms with Crippen LogP contribution >= 0.6 is 11.8 Å². The van der Waals surface area contributed by atoms with Crippen LogP contribution in [-0.2, 0) is 9.53 Å². The van der Waals surface area contributed by atoms with E-state index in [1.54, 1.807) is 11.1 Å². The fraction of sp³-hybridized carbons (Fsp3) is 0.500. The van der Waals surface area contributed by atoms with Crippen molar-refractivity contribution < 1.29 is 19.4 Å². The highest BCUT2D eigenvalue weighted by atomic mass is 32.2. The Morgan fingerprint density at radius 2 is 1.81 bits per heavy atom. The van der Waals surface area contributed by atoms with E-state index >= 15 is 0 Å². The highest BCUT2D eigenvalue weighted by Crippen LogP contribution is 2.25. The van der Waals surface area contributed by atoms with Crippen molar-refractivity contribution in [2.24, 2.45) is 0 Å². The second-order valence-corrected chi connectivity index (χ2v) is 9.31. The number of hydrogen-bond donors (Lipinski definition) is 3. The minimum Gasteiger partial charge on any atom is -0.395 e. The topological polar surface area (TPSA) is 123 Å². The molecule has 2 saturated heterocycles. The number of carbonyl (C=O) groups excluding carboxylic acids is 2. The molecule has 11 nitrogen and oxygen atoms in total. The van der Waals surface area contributed by atoms with Crippen LogP contribution in [0.1, 0.15) is 10.4 Å². The van der Waals surface area contributed by atoms with Crippen molar-refractivity contribution >= 4 is 40.8 Å². The van der Waals surface area contributed by atoms with E-state index in [4.69, 9.17) is 9.84 Å². The summed E-state index contributed by atoms with van der Waals surface area (Å²) in [6.07, 6.45) is 3.48. The van der Waals surface area contributed by atoms with Gasteiger partial charge in [0.1, 0.15) is 11.4 Å². The number of morpholine rings is 1. The van der Waals surface area contributed by atoms with Gasteiger partial charge in [0.05, 0.1) is 26.4 Å². The van der Waals surface area contributed by atoms with Crippen LogP contribution in [0.2, 0.25) is 0 Å². The second kappa shape index (κ2) is 12.9. The van der Waals surface area contributed by atoms with Gasteiger partial charge in [-0.1, -0.05) is 11.8 Å². The molecule has 2 aliphatic heterocycles. The molecular weight excluding hydrogens is 482 g/mol. The van der Waals surface area contributed by atoms with Crippen LogP contribution in [0.25, 0.3) is 0 Å². The first kappa shape index (κ1) is 26.1. The first-order chi connectivity index (χ1) is 17.6. The normalized spacial score (nSPS) is 16.6. The summed E-state index contributed by atoms with van der Waals surface area (Å²) < 4.78 is 5.43. The summed E-state index contributed by atoms with van der Waals surface area (Å²) in [5.41, 5.74) is 2.39. The third kappa shape index (κ3) is 6.84. The summed E-state index contributed by atoms with van der Waals surface area (Å²) in [5, 5.41) is 15.4. The van der Waals surface area contributed by atoms with Crippen LogP contribution in [0.15, 0.2) is 35.6 Å². The quantitative estimate of drug-likeness (QED) is 0.324. The fourth-order valence-corrected chi connectivity index (χ4v) is 4.50. The van der Waals surface area contributed by atoms with Crippen molar-refractivity contribution in [3.63, 3.8) is 0 Å². The molecule has 2 aliphatic rings. The zero-order chi connectivity index (χ0) is 25.3. The van der Waals surface area contributed by atoms with Gasteiger partial charge >= 0.3 is 0 Å². The average Bonchev–Trinajstić information content (AvgIpc) is 2.93. The molecule has 2 amide bonds. The number of aliphatic hydroxyl groups is 1. The molecule has 36 heavy (non-hydrogen) atoms. The van der Waals surface area contributed by atoms with Gasteiger partial charge in [-0.25, -0.2) is 9.97 Å². The summed E-state index contributed by atoms with van der Waals surface area (Å²) in [6, 6.07) is 8.09. The van der Waals surface area contributed by atoms with Crippen LogP contribution in [0.5, 0.6) is 0 Å². The summed E-state index contributed by atoms with van der Waals surface area (Å²) >= 11 is 1.42. The maximum Gasteiger partial charge on any atom is 0.259 e. The number of hydrogen-bond acceptors (Lipinski definition) is 10. The molecule has 2 fully saturated rings. The van der Waals surface area contributed by atoms with Crippen molar-refractivity contribution in [3.05, 3.63) is 36.0 Å². The van der Waals surface area contributed by atoms with E-state index in [9.17, 15) is 9.59 Å². The first-order valence-electron chi connectivity index (χ1n) is 12.1. The van der Waals surface area contributed by atoms with Crippen LogP contribution in [-0.4, -0.2) is 115 Å². The summed E-state index contributed by atoms with van der Waals surface area (Å²) in [7, 11) is 0. The van der Waals surface area contributed by atoms with E-state index in [1.807, 2.05) is 23.3 Å². The lowest BCUT2D eigenvalue weighted by molar-refractivity contribution is -0.122. The molecule has 0 saturated carbocycles. The van der Waals surface area contributed by atoms with Gasteiger partial charge < -0.3 is 30.3 Å². The zero-order valence-electron chi connectivity index (χ0n) is 20.5. The van der Waals surface area contributed by atoms with Gasteiger partial charge in [-0.15, -0.1) is 0 Å². The van der Waals surface area contributed by atoms with E-state index < -0.39 is 0 Å². The third-order valence-electron chi connectivity index (χ3n) is 6.15. The fourth-order valence-electron chi connectivity index (χ4n) is 4.16. The standard InChI is InChI=1S/C24H33N7O4S/c1-36-24-26-16-20(23(34)31-9-7-29(8-10-31)17-21(33)25-6-13-32)22(28-24)27-18-2-4-19(5-3-18)30-11-14-35-15-12-30/h2-5,16,32H,6-15,17H2,1H3,(H,25,33)(H,26,27,28). The van der Waals surface area contributed by atoms with Gasteiger partial charge in [0.2, 0.25) is 5.91 Å². The summed E-state index contributed by atoms with van der Waals surface area (Å²) in [4.78, 5) is 40.3. The van der Waals surface area contributed by atoms with Gasteiger partial charge in [-0.05, 0) is 30.5 Å². The second-order valence-electron chi connectivity index (χ2n) is 8.53. The molecule has 1 aromatic carbocycles.